The summed E-state index contributed by atoms with van der Waals surface area (Å²) in [5.74, 6) is -4.96. The molecule has 0 heterocycles. The summed E-state index contributed by atoms with van der Waals surface area (Å²) in [5, 5.41) is 12.5. The van der Waals surface area contributed by atoms with E-state index in [9.17, 15) is 23.5 Å². The summed E-state index contributed by atoms with van der Waals surface area (Å²) in [6, 6.07) is 18.7. The van der Waals surface area contributed by atoms with Crippen LogP contribution >= 0.6 is 0 Å². The van der Waals surface area contributed by atoms with Crippen LogP contribution in [0.4, 0.5) is 8.78 Å². The van der Waals surface area contributed by atoms with Crippen LogP contribution < -0.4 is 14.8 Å². The Balaban J connectivity index is 1.54. The third-order valence-corrected chi connectivity index (χ3v) is 5.90. The van der Waals surface area contributed by atoms with Crippen LogP contribution in [0.1, 0.15) is 27.0 Å². The van der Waals surface area contributed by atoms with E-state index in [1.807, 2.05) is 24.3 Å². The number of alkyl halides is 2. The molecule has 0 radical (unpaired) electrons. The van der Waals surface area contributed by atoms with Crippen molar-refractivity contribution in [2.45, 2.75) is 24.3 Å². The third kappa shape index (κ3) is 4.57. The molecule has 0 spiro atoms. The zero-order chi connectivity index (χ0) is 24.3. The summed E-state index contributed by atoms with van der Waals surface area (Å²) in [6.07, 6.45) is 0.292. The van der Waals surface area contributed by atoms with Gasteiger partial charge in [0.2, 0.25) is 0 Å². The Morgan fingerprint density at radius 1 is 0.971 bits per heavy atom. The number of hydrogen-bond donors (Lipinski definition) is 2. The molecule has 0 unspecified atom stereocenters. The molecule has 1 amide bonds. The molecule has 0 aromatic heterocycles. The number of carboxylic acid groups (broad SMARTS) is 1. The van der Waals surface area contributed by atoms with Gasteiger partial charge in [0.1, 0.15) is 5.54 Å². The fourth-order valence-electron chi connectivity index (χ4n) is 4.06. The highest BCUT2D eigenvalue weighted by Crippen LogP contribution is 2.34. The number of aliphatic carboxylic acids is 1. The van der Waals surface area contributed by atoms with E-state index in [4.69, 9.17) is 9.47 Å². The predicted octanol–water partition coefficient (Wildman–Crippen LogP) is 4.22. The minimum absolute atomic E-state index is 0.0511. The maximum atomic E-state index is 14.6. The molecule has 2 N–H and O–H groups in total. The SMILES string of the molecule is COc1ccc(C(=O)NC2(C(=O)O)Cc3ccccc3C2)cc1OCC(F)(F)c1ccccc1. The Bertz CT molecular complexity index is 1190. The van der Waals surface area contributed by atoms with Crippen LogP contribution in [0.2, 0.25) is 0 Å². The van der Waals surface area contributed by atoms with Crippen molar-refractivity contribution in [1.82, 2.24) is 5.32 Å². The molecule has 0 saturated heterocycles. The molecule has 3 aromatic rings. The number of ether oxygens (including phenoxy) is 2. The Morgan fingerprint density at radius 2 is 1.59 bits per heavy atom. The van der Waals surface area contributed by atoms with Crippen molar-refractivity contribution in [3.8, 4) is 11.5 Å². The maximum absolute atomic E-state index is 14.6. The lowest BCUT2D eigenvalue weighted by molar-refractivity contribution is -0.144. The van der Waals surface area contributed by atoms with E-state index in [2.05, 4.69) is 5.32 Å². The standard InChI is InChI=1S/C26H23F2NO5/c1-33-21-12-11-17(13-22(21)34-16-26(27,28)20-9-3-2-4-10-20)23(30)29-25(24(31)32)14-18-7-5-6-8-19(18)15-25/h2-13H,14-16H2,1H3,(H,29,30)(H,31,32). The zero-order valence-electron chi connectivity index (χ0n) is 18.4. The van der Waals surface area contributed by atoms with Gasteiger partial charge in [-0.25, -0.2) is 4.79 Å². The highest BCUT2D eigenvalue weighted by Gasteiger charge is 2.45. The van der Waals surface area contributed by atoms with E-state index in [-0.39, 0.29) is 35.5 Å². The summed E-state index contributed by atoms with van der Waals surface area (Å²) in [7, 11) is 1.35. The van der Waals surface area contributed by atoms with E-state index in [1.165, 1.54) is 49.6 Å². The molecule has 3 aromatic carbocycles. The van der Waals surface area contributed by atoms with Gasteiger partial charge in [0.05, 0.1) is 7.11 Å². The number of amides is 1. The van der Waals surface area contributed by atoms with E-state index in [0.717, 1.165) is 11.1 Å². The number of fused-ring (bicyclic) bond motifs is 1. The number of carboxylic acids is 1. The van der Waals surface area contributed by atoms with E-state index >= 15 is 0 Å². The van der Waals surface area contributed by atoms with Crippen LogP contribution in [0, 0.1) is 0 Å². The minimum Gasteiger partial charge on any atom is -0.493 e. The lowest BCUT2D eigenvalue weighted by Crippen LogP contribution is -2.55. The van der Waals surface area contributed by atoms with Crippen molar-refractivity contribution in [2.75, 3.05) is 13.7 Å². The summed E-state index contributed by atoms with van der Waals surface area (Å²) < 4.78 is 39.7. The van der Waals surface area contributed by atoms with Crippen molar-refractivity contribution >= 4 is 11.9 Å². The van der Waals surface area contributed by atoms with Crippen LogP contribution in [0.15, 0.2) is 72.8 Å². The van der Waals surface area contributed by atoms with Crippen LogP contribution in [0.3, 0.4) is 0 Å². The van der Waals surface area contributed by atoms with Gasteiger partial charge in [-0.2, -0.15) is 8.78 Å². The smallest absolute Gasteiger partial charge is 0.330 e. The van der Waals surface area contributed by atoms with Crippen LogP contribution in [-0.4, -0.2) is 36.2 Å². The molecule has 176 valence electrons. The van der Waals surface area contributed by atoms with Gasteiger partial charge in [0.15, 0.2) is 18.1 Å². The average molecular weight is 467 g/mol. The zero-order valence-corrected chi connectivity index (χ0v) is 18.4. The number of hydrogen-bond acceptors (Lipinski definition) is 4. The van der Waals surface area contributed by atoms with Gasteiger partial charge in [-0.3, -0.25) is 4.79 Å². The van der Waals surface area contributed by atoms with E-state index in [0.29, 0.717) is 0 Å². The highest BCUT2D eigenvalue weighted by molar-refractivity contribution is 5.99. The average Bonchev–Trinajstić information content (AvgIpc) is 3.22. The molecule has 6 nitrogen and oxygen atoms in total. The van der Waals surface area contributed by atoms with Crippen molar-refractivity contribution < 1.29 is 33.0 Å². The first kappa shape index (κ1) is 23.2. The summed E-state index contributed by atoms with van der Waals surface area (Å²) in [6.45, 7) is -0.965. The molecule has 8 heteroatoms. The molecule has 4 rings (SSSR count). The van der Waals surface area contributed by atoms with Gasteiger partial charge < -0.3 is 19.9 Å². The number of benzene rings is 3. The topological polar surface area (TPSA) is 84.9 Å². The van der Waals surface area contributed by atoms with Crippen LogP contribution in [0.25, 0.3) is 0 Å². The quantitative estimate of drug-likeness (QED) is 0.518. The fraction of sp³-hybridized carbons (Fsp3) is 0.231. The summed E-state index contributed by atoms with van der Waals surface area (Å²) in [5.41, 5.74) is 0.0730. The predicted molar refractivity (Wildman–Crippen MR) is 121 cm³/mol. The summed E-state index contributed by atoms with van der Waals surface area (Å²) in [4.78, 5) is 25.1. The molecule has 1 aliphatic carbocycles. The third-order valence-electron chi connectivity index (χ3n) is 5.90. The van der Waals surface area contributed by atoms with Gasteiger partial charge in [0, 0.05) is 24.0 Å². The summed E-state index contributed by atoms with van der Waals surface area (Å²) >= 11 is 0. The van der Waals surface area contributed by atoms with E-state index < -0.39 is 29.9 Å². The second kappa shape index (κ2) is 9.13. The molecule has 0 aliphatic heterocycles. The number of halogens is 2. The molecule has 0 fully saturated rings. The first-order chi connectivity index (χ1) is 16.2. The second-order valence-electron chi connectivity index (χ2n) is 8.19. The lowest BCUT2D eigenvalue weighted by Gasteiger charge is -2.26. The molecular weight excluding hydrogens is 444 g/mol. The molecule has 34 heavy (non-hydrogen) atoms. The van der Waals surface area contributed by atoms with Crippen molar-refractivity contribution in [2.24, 2.45) is 0 Å². The molecule has 0 saturated carbocycles. The minimum atomic E-state index is -3.27. The van der Waals surface area contributed by atoms with E-state index in [1.54, 1.807) is 6.07 Å². The van der Waals surface area contributed by atoms with Gasteiger partial charge in [-0.05, 0) is 29.3 Å². The lowest BCUT2D eigenvalue weighted by atomic mass is 9.95. The van der Waals surface area contributed by atoms with Crippen molar-refractivity contribution in [3.05, 3.63) is 95.1 Å². The Kier molecular flexibility index (Phi) is 6.24. The van der Waals surface area contributed by atoms with Gasteiger partial charge in [0.25, 0.3) is 5.91 Å². The molecule has 1 aliphatic rings. The Morgan fingerprint density at radius 3 is 2.18 bits per heavy atom. The van der Waals surface area contributed by atoms with Crippen molar-refractivity contribution in [1.29, 1.82) is 0 Å². The largest absolute Gasteiger partial charge is 0.493 e. The van der Waals surface area contributed by atoms with Crippen LogP contribution in [-0.2, 0) is 23.6 Å². The first-order valence-electron chi connectivity index (χ1n) is 10.6. The number of carbonyl (C=O) groups excluding carboxylic acids is 1. The molecule has 0 bridgehead atoms. The number of carbonyl (C=O) groups is 2. The van der Waals surface area contributed by atoms with Crippen molar-refractivity contribution in [3.63, 3.8) is 0 Å². The Labute approximate surface area is 195 Å². The number of methoxy groups -OCH3 is 1. The van der Waals surface area contributed by atoms with Gasteiger partial charge in [-0.15, -0.1) is 0 Å². The number of rotatable bonds is 8. The highest BCUT2D eigenvalue weighted by atomic mass is 19.3. The fourth-order valence-corrected chi connectivity index (χ4v) is 4.06. The molecule has 0 atom stereocenters. The monoisotopic (exact) mass is 467 g/mol. The Hall–Kier alpha value is -3.94. The van der Waals surface area contributed by atoms with Crippen LogP contribution in [0.5, 0.6) is 11.5 Å². The first-order valence-corrected chi connectivity index (χ1v) is 10.6. The normalized spacial score (nSPS) is 14.2. The molecular formula is C26H23F2NO5. The maximum Gasteiger partial charge on any atom is 0.330 e. The van der Waals surface area contributed by atoms with Gasteiger partial charge >= 0.3 is 11.9 Å². The number of nitrogens with one attached hydrogen (secondary N) is 1. The second-order valence-corrected chi connectivity index (χ2v) is 8.19. The van der Waals surface area contributed by atoms with Gasteiger partial charge in [-0.1, -0.05) is 54.6 Å².